The van der Waals surface area contributed by atoms with Gasteiger partial charge in [0.25, 0.3) is 0 Å². The monoisotopic (exact) mass is 177 g/mol. The zero-order valence-corrected chi connectivity index (χ0v) is 7.95. The first-order valence-electron chi connectivity index (χ1n) is 4.86. The molecule has 0 aliphatic heterocycles. The quantitative estimate of drug-likeness (QED) is 0.713. The predicted octanol–water partition coefficient (Wildman–Crippen LogP) is 2.15. The van der Waals surface area contributed by atoms with Crippen molar-refractivity contribution in [1.29, 1.82) is 0 Å². The Morgan fingerprint density at radius 1 is 1.31 bits per heavy atom. The van der Waals surface area contributed by atoms with Crippen molar-refractivity contribution in [3.63, 3.8) is 0 Å². The highest BCUT2D eigenvalue weighted by molar-refractivity contribution is 5.18. The molecule has 1 aromatic rings. The molecule has 1 aliphatic rings. The third kappa shape index (κ3) is 1.59. The van der Waals surface area contributed by atoms with E-state index in [-0.39, 0.29) is 0 Å². The van der Waals surface area contributed by atoms with Gasteiger partial charge in [0.05, 0.1) is 5.69 Å². The summed E-state index contributed by atoms with van der Waals surface area (Å²) in [5.74, 6) is 0. The number of hydrogen-bond donors (Lipinski definition) is 1. The van der Waals surface area contributed by atoms with E-state index in [1.165, 1.54) is 0 Å². The smallest absolute Gasteiger partial charge is 0.106 e. The first-order chi connectivity index (χ1) is 6.21. The molecule has 1 heterocycles. The van der Waals surface area contributed by atoms with Crippen LogP contribution in [0.3, 0.4) is 0 Å². The fourth-order valence-corrected chi connectivity index (χ4v) is 1.96. The van der Waals surface area contributed by atoms with Crippen molar-refractivity contribution in [2.24, 2.45) is 0 Å². The van der Waals surface area contributed by atoms with Crippen molar-refractivity contribution < 1.29 is 5.11 Å². The third-order valence-corrected chi connectivity index (χ3v) is 2.82. The van der Waals surface area contributed by atoms with Gasteiger partial charge in [0.2, 0.25) is 0 Å². The van der Waals surface area contributed by atoms with Crippen LogP contribution >= 0.6 is 0 Å². The molecule has 0 aromatic carbocycles. The molecule has 1 aromatic heterocycles. The van der Waals surface area contributed by atoms with E-state index < -0.39 is 5.60 Å². The fourth-order valence-electron chi connectivity index (χ4n) is 1.96. The maximum atomic E-state index is 10.2. The minimum atomic E-state index is -0.631. The van der Waals surface area contributed by atoms with Gasteiger partial charge in [-0.2, -0.15) is 0 Å². The van der Waals surface area contributed by atoms with E-state index in [1.54, 1.807) is 0 Å². The molecule has 0 unspecified atom stereocenters. The Morgan fingerprint density at radius 3 is 2.54 bits per heavy atom. The summed E-state index contributed by atoms with van der Waals surface area (Å²) in [6, 6.07) is 3.96. The number of rotatable bonds is 1. The van der Waals surface area contributed by atoms with Gasteiger partial charge in [-0.3, -0.25) is 4.98 Å². The zero-order chi connectivity index (χ0) is 9.31. The summed E-state index contributed by atoms with van der Waals surface area (Å²) >= 11 is 0. The summed E-state index contributed by atoms with van der Waals surface area (Å²) in [7, 11) is 0. The van der Waals surface area contributed by atoms with Crippen LogP contribution in [0.15, 0.2) is 18.3 Å². The Bertz CT molecular complexity index is 285. The number of aliphatic hydroxyl groups is 1. The number of nitrogens with zero attached hydrogens (tertiary/aromatic N) is 1. The molecule has 1 aliphatic carbocycles. The lowest BCUT2D eigenvalue weighted by molar-refractivity contribution is 0.0399. The van der Waals surface area contributed by atoms with Gasteiger partial charge < -0.3 is 5.11 Å². The molecule has 13 heavy (non-hydrogen) atoms. The Hall–Kier alpha value is -0.890. The molecule has 2 rings (SSSR count). The van der Waals surface area contributed by atoms with Gasteiger partial charge in [0.15, 0.2) is 0 Å². The molecule has 2 nitrogen and oxygen atoms in total. The second-order valence-corrected chi connectivity index (χ2v) is 3.96. The van der Waals surface area contributed by atoms with Crippen LogP contribution < -0.4 is 0 Å². The van der Waals surface area contributed by atoms with E-state index in [1.807, 2.05) is 25.3 Å². The molecule has 1 N–H and O–H groups in total. The van der Waals surface area contributed by atoms with Crippen LogP contribution in [0, 0.1) is 6.92 Å². The van der Waals surface area contributed by atoms with Crippen molar-refractivity contribution in [1.82, 2.24) is 4.98 Å². The maximum absolute atomic E-state index is 10.2. The summed E-state index contributed by atoms with van der Waals surface area (Å²) in [6.45, 7) is 2.01. The number of aryl methyl sites for hydroxylation is 1. The highest BCUT2D eigenvalue weighted by atomic mass is 16.3. The molecule has 1 saturated carbocycles. The minimum absolute atomic E-state index is 0.631. The fraction of sp³-hybridized carbons (Fsp3) is 0.545. The first kappa shape index (κ1) is 8.70. The molecule has 2 heteroatoms. The minimum Gasteiger partial charge on any atom is -0.384 e. The second kappa shape index (κ2) is 3.11. The van der Waals surface area contributed by atoms with Gasteiger partial charge in [-0.1, -0.05) is 18.9 Å². The van der Waals surface area contributed by atoms with Crippen LogP contribution in [0.4, 0.5) is 0 Å². The Morgan fingerprint density at radius 2 is 2.00 bits per heavy atom. The van der Waals surface area contributed by atoms with Crippen LogP contribution in [0.25, 0.3) is 0 Å². The van der Waals surface area contributed by atoms with E-state index >= 15 is 0 Å². The Balaban J connectivity index is 2.29. The van der Waals surface area contributed by atoms with E-state index in [9.17, 15) is 5.11 Å². The molecule has 1 fully saturated rings. The van der Waals surface area contributed by atoms with Crippen LogP contribution in [0.5, 0.6) is 0 Å². The molecule has 0 saturated heterocycles. The summed E-state index contributed by atoms with van der Waals surface area (Å²) in [4.78, 5) is 4.28. The largest absolute Gasteiger partial charge is 0.384 e. The standard InChI is InChI=1S/C11H15NO/c1-9-4-5-10(12-8-9)11(13)6-2-3-7-11/h4-5,8,13H,2-3,6-7H2,1H3. The summed E-state index contributed by atoms with van der Waals surface area (Å²) in [5.41, 5.74) is 1.36. The van der Waals surface area contributed by atoms with Crippen molar-refractivity contribution in [2.75, 3.05) is 0 Å². The topological polar surface area (TPSA) is 33.1 Å². The van der Waals surface area contributed by atoms with Gasteiger partial charge in [-0.25, -0.2) is 0 Å². The van der Waals surface area contributed by atoms with Gasteiger partial charge >= 0.3 is 0 Å². The molecular formula is C11H15NO. The van der Waals surface area contributed by atoms with Gasteiger partial charge in [0, 0.05) is 6.20 Å². The summed E-state index contributed by atoms with van der Waals surface area (Å²) in [6.07, 6.45) is 5.79. The van der Waals surface area contributed by atoms with Crippen molar-refractivity contribution in [3.05, 3.63) is 29.6 Å². The molecule has 0 radical (unpaired) electrons. The van der Waals surface area contributed by atoms with E-state index in [4.69, 9.17) is 0 Å². The first-order valence-corrected chi connectivity index (χ1v) is 4.86. The van der Waals surface area contributed by atoms with Crippen LogP contribution in [-0.2, 0) is 5.60 Å². The van der Waals surface area contributed by atoms with Crippen LogP contribution in [0.2, 0.25) is 0 Å². The average molecular weight is 177 g/mol. The molecule has 70 valence electrons. The average Bonchev–Trinajstić information content (AvgIpc) is 2.54. The third-order valence-electron chi connectivity index (χ3n) is 2.82. The maximum Gasteiger partial charge on any atom is 0.106 e. The summed E-state index contributed by atoms with van der Waals surface area (Å²) < 4.78 is 0. The normalized spacial score (nSPS) is 20.5. The molecule has 0 bridgehead atoms. The molecule has 0 amide bonds. The zero-order valence-electron chi connectivity index (χ0n) is 7.95. The van der Waals surface area contributed by atoms with Crippen LogP contribution in [-0.4, -0.2) is 10.1 Å². The molecule has 0 atom stereocenters. The van der Waals surface area contributed by atoms with Crippen molar-refractivity contribution in [3.8, 4) is 0 Å². The second-order valence-electron chi connectivity index (χ2n) is 3.96. The van der Waals surface area contributed by atoms with Gasteiger partial charge in [-0.05, 0) is 31.4 Å². The van der Waals surface area contributed by atoms with Gasteiger partial charge in [0.1, 0.15) is 5.60 Å². The van der Waals surface area contributed by atoms with E-state index in [0.29, 0.717) is 0 Å². The number of hydrogen-bond acceptors (Lipinski definition) is 2. The number of aromatic nitrogens is 1. The number of pyridine rings is 1. The SMILES string of the molecule is Cc1ccc(C2(O)CCCC2)nc1. The van der Waals surface area contributed by atoms with Gasteiger partial charge in [-0.15, -0.1) is 0 Å². The summed E-state index contributed by atoms with van der Waals surface area (Å²) in [5, 5.41) is 10.2. The predicted molar refractivity (Wildman–Crippen MR) is 51.3 cm³/mol. The van der Waals surface area contributed by atoms with E-state index in [0.717, 1.165) is 36.9 Å². The van der Waals surface area contributed by atoms with Crippen molar-refractivity contribution in [2.45, 2.75) is 38.2 Å². The van der Waals surface area contributed by atoms with Crippen molar-refractivity contribution >= 4 is 0 Å². The lowest BCUT2D eigenvalue weighted by Crippen LogP contribution is -2.22. The molecule has 0 spiro atoms. The van der Waals surface area contributed by atoms with Crippen LogP contribution in [0.1, 0.15) is 36.9 Å². The lowest BCUT2D eigenvalue weighted by atomic mass is 9.97. The van der Waals surface area contributed by atoms with E-state index in [2.05, 4.69) is 4.98 Å². The highest BCUT2D eigenvalue weighted by Crippen LogP contribution is 2.37. The highest BCUT2D eigenvalue weighted by Gasteiger charge is 2.33. The Labute approximate surface area is 78.6 Å². The molecular weight excluding hydrogens is 162 g/mol. The Kier molecular flexibility index (Phi) is 2.08. The lowest BCUT2D eigenvalue weighted by Gasteiger charge is -2.21.